The van der Waals surface area contributed by atoms with Crippen molar-refractivity contribution >= 4 is 33.5 Å². The quantitative estimate of drug-likeness (QED) is 0.142. The smallest absolute Gasteiger partial charge is 0.126 e. The van der Waals surface area contributed by atoms with Gasteiger partial charge in [0, 0.05) is 16.4 Å². The molecule has 0 fully saturated rings. The minimum atomic E-state index is -0.251. The summed E-state index contributed by atoms with van der Waals surface area (Å²) in [5.41, 5.74) is 13.7. The summed E-state index contributed by atoms with van der Waals surface area (Å²) in [5.74, 6) is 0.406. The molecule has 242 valence electrons. The van der Waals surface area contributed by atoms with Crippen LogP contribution in [-0.4, -0.2) is 5.84 Å². The van der Waals surface area contributed by atoms with Crippen LogP contribution in [0.1, 0.15) is 72.7 Å². The van der Waals surface area contributed by atoms with Crippen LogP contribution < -0.4 is 5.32 Å². The first-order valence-electron chi connectivity index (χ1n) is 17.7. The zero-order valence-electron chi connectivity index (χ0n) is 29.0. The molecule has 7 aromatic carbocycles. The van der Waals surface area contributed by atoms with Crippen molar-refractivity contribution in [3.63, 3.8) is 0 Å². The van der Waals surface area contributed by atoms with Crippen molar-refractivity contribution in [2.45, 2.75) is 44.6 Å². The second-order valence-electron chi connectivity index (χ2n) is 15.0. The molecule has 0 radical (unpaired) electrons. The molecular formula is C48H40N2. The number of hydrogen-bond donors (Lipinski definition) is 2. The topological polar surface area (TPSA) is 35.9 Å². The fourth-order valence-corrected chi connectivity index (χ4v) is 8.75. The first-order chi connectivity index (χ1) is 24.2. The standard InChI is InChI=1S/C48H40N2/c1-47(2)39-23-13-12-22-36(39)45-35-21-11-10-20-34(35)37(29-42(45)47)43(50-46(49)31-15-6-5-7-16-31)26-25-30-19-14-24-40-44(30)38-27-32-17-8-9-18-33(32)28-41(38)48(40,3)4/h5-29,43H,1-4H3,(H2,49,50)/b26-25+. The Morgan fingerprint density at radius 3 is 2.00 bits per heavy atom. The summed E-state index contributed by atoms with van der Waals surface area (Å²) in [4.78, 5) is 0. The van der Waals surface area contributed by atoms with E-state index in [0.717, 1.165) is 5.56 Å². The molecule has 0 saturated heterocycles. The Kier molecular flexibility index (Phi) is 6.77. The highest BCUT2D eigenvalue weighted by Gasteiger charge is 2.38. The van der Waals surface area contributed by atoms with Gasteiger partial charge in [-0.1, -0.05) is 167 Å². The lowest BCUT2D eigenvalue weighted by Crippen LogP contribution is -2.28. The van der Waals surface area contributed by atoms with Crippen LogP contribution in [0.2, 0.25) is 0 Å². The van der Waals surface area contributed by atoms with Crippen molar-refractivity contribution in [1.82, 2.24) is 5.32 Å². The Balaban J connectivity index is 1.23. The number of nitrogens with one attached hydrogen (secondary N) is 2. The van der Waals surface area contributed by atoms with Gasteiger partial charge in [-0.15, -0.1) is 0 Å². The second-order valence-corrected chi connectivity index (χ2v) is 15.0. The van der Waals surface area contributed by atoms with Crippen LogP contribution in [0.5, 0.6) is 0 Å². The van der Waals surface area contributed by atoms with E-state index in [4.69, 9.17) is 0 Å². The molecule has 0 bridgehead atoms. The molecule has 0 saturated carbocycles. The van der Waals surface area contributed by atoms with Gasteiger partial charge in [-0.05, 0) is 89.3 Å². The van der Waals surface area contributed by atoms with Crippen LogP contribution in [0.25, 0.3) is 49.9 Å². The number of benzene rings is 7. The van der Waals surface area contributed by atoms with E-state index < -0.39 is 0 Å². The molecular weight excluding hydrogens is 605 g/mol. The zero-order chi connectivity index (χ0) is 34.2. The van der Waals surface area contributed by atoms with Crippen molar-refractivity contribution in [3.05, 3.63) is 185 Å². The van der Waals surface area contributed by atoms with Crippen molar-refractivity contribution in [3.8, 4) is 22.3 Å². The third-order valence-electron chi connectivity index (χ3n) is 11.4. The summed E-state index contributed by atoms with van der Waals surface area (Å²) >= 11 is 0. The number of rotatable bonds is 5. The van der Waals surface area contributed by atoms with Crippen LogP contribution in [0, 0.1) is 5.41 Å². The van der Waals surface area contributed by atoms with Crippen LogP contribution in [0.4, 0.5) is 0 Å². The minimum absolute atomic E-state index is 0.109. The van der Waals surface area contributed by atoms with Gasteiger partial charge in [0.2, 0.25) is 0 Å². The van der Waals surface area contributed by atoms with Gasteiger partial charge in [-0.2, -0.15) is 0 Å². The van der Waals surface area contributed by atoms with Gasteiger partial charge in [0.25, 0.3) is 0 Å². The first-order valence-corrected chi connectivity index (χ1v) is 17.7. The predicted molar refractivity (Wildman–Crippen MR) is 211 cm³/mol. The highest BCUT2D eigenvalue weighted by Crippen LogP contribution is 2.53. The fraction of sp³-hybridized carbons (Fsp3) is 0.146. The summed E-state index contributed by atoms with van der Waals surface area (Å²) < 4.78 is 0. The lowest BCUT2D eigenvalue weighted by molar-refractivity contribution is 0.658. The fourth-order valence-electron chi connectivity index (χ4n) is 8.75. The summed E-state index contributed by atoms with van der Waals surface area (Å²) in [7, 11) is 0. The van der Waals surface area contributed by atoms with Gasteiger partial charge in [-0.3, -0.25) is 5.41 Å². The number of hydrogen-bond acceptors (Lipinski definition) is 1. The summed E-state index contributed by atoms with van der Waals surface area (Å²) in [6.45, 7) is 9.39. The second kappa shape index (κ2) is 11.1. The summed E-state index contributed by atoms with van der Waals surface area (Å²) in [5, 5.41) is 17.9. The molecule has 0 aromatic heterocycles. The van der Waals surface area contributed by atoms with E-state index in [2.05, 4.69) is 154 Å². The molecule has 2 heteroatoms. The lowest BCUT2D eigenvalue weighted by atomic mass is 9.80. The van der Waals surface area contributed by atoms with E-state index in [1.807, 2.05) is 30.3 Å². The van der Waals surface area contributed by atoms with Crippen LogP contribution in [0.3, 0.4) is 0 Å². The highest BCUT2D eigenvalue weighted by molar-refractivity contribution is 6.05. The van der Waals surface area contributed by atoms with Gasteiger partial charge in [0.15, 0.2) is 0 Å². The molecule has 0 heterocycles. The highest BCUT2D eigenvalue weighted by atomic mass is 15.0. The molecule has 9 rings (SSSR count). The Hall–Kier alpha value is -5.73. The van der Waals surface area contributed by atoms with E-state index in [-0.39, 0.29) is 16.9 Å². The molecule has 2 aliphatic rings. The van der Waals surface area contributed by atoms with Crippen LogP contribution in [-0.2, 0) is 10.8 Å². The van der Waals surface area contributed by atoms with E-state index in [0.29, 0.717) is 5.84 Å². The first kappa shape index (κ1) is 30.3. The SMILES string of the molecule is CC1(C)c2cc3ccccc3cc2-c2c(/C=C/C(NC(=N)c3ccccc3)c3cc4c(c5ccccc35)-c3ccccc3C4(C)C)cccc21. The maximum Gasteiger partial charge on any atom is 0.126 e. The van der Waals surface area contributed by atoms with Crippen LogP contribution >= 0.6 is 0 Å². The van der Waals surface area contributed by atoms with E-state index in [1.54, 1.807) is 0 Å². The molecule has 2 nitrogen and oxygen atoms in total. The molecule has 0 spiro atoms. The number of amidine groups is 1. The van der Waals surface area contributed by atoms with Gasteiger partial charge < -0.3 is 5.32 Å². The average molecular weight is 645 g/mol. The lowest BCUT2D eigenvalue weighted by Gasteiger charge is -2.26. The Morgan fingerprint density at radius 2 is 1.20 bits per heavy atom. The zero-order valence-corrected chi connectivity index (χ0v) is 29.0. The maximum atomic E-state index is 9.24. The molecule has 1 atom stereocenters. The Bertz CT molecular complexity index is 2530. The van der Waals surface area contributed by atoms with E-state index in [9.17, 15) is 5.41 Å². The molecule has 0 amide bonds. The van der Waals surface area contributed by atoms with E-state index in [1.165, 1.54) is 77.2 Å². The summed E-state index contributed by atoms with van der Waals surface area (Å²) in [6, 6.07) is 50.0. The molecule has 7 aromatic rings. The van der Waals surface area contributed by atoms with E-state index >= 15 is 0 Å². The van der Waals surface area contributed by atoms with Crippen molar-refractivity contribution < 1.29 is 0 Å². The van der Waals surface area contributed by atoms with Gasteiger partial charge in [0.05, 0.1) is 6.04 Å². The largest absolute Gasteiger partial charge is 0.360 e. The molecule has 2 N–H and O–H groups in total. The minimum Gasteiger partial charge on any atom is -0.360 e. The molecule has 2 aliphatic carbocycles. The monoisotopic (exact) mass is 644 g/mol. The molecule has 1 unspecified atom stereocenters. The third kappa shape index (κ3) is 4.52. The van der Waals surface area contributed by atoms with Gasteiger partial charge in [-0.25, -0.2) is 0 Å². The van der Waals surface area contributed by atoms with Gasteiger partial charge >= 0.3 is 0 Å². The molecule has 50 heavy (non-hydrogen) atoms. The Labute approximate surface area is 294 Å². The third-order valence-corrected chi connectivity index (χ3v) is 11.4. The Morgan fingerprint density at radius 1 is 0.560 bits per heavy atom. The average Bonchev–Trinajstić information content (AvgIpc) is 3.52. The van der Waals surface area contributed by atoms with Crippen molar-refractivity contribution in [1.29, 1.82) is 5.41 Å². The maximum absolute atomic E-state index is 9.24. The van der Waals surface area contributed by atoms with Crippen molar-refractivity contribution in [2.24, 2.45) is 0 Å². The predicted octanol–water partition coefficient (Wildman–Crippen LogP) is 12.0. The van der Waals surface area contributed by atoms with Crippen LogP contribution in [0.15, 0.2) is 146 Å². The number of fused-ring (bicyclic) bond motifs is 9. The van der Waals surface area contributed by atoms with Crippen molar-refractivity contribution in [2.75, 3.05) is 0 Å². The normalized spacial score (nSPS) is 15.4. The summed E-state index contributed by atoms with van der Waals surface area (Å²) in [6.07, 6.45) is 4.57. The van der Waals surface area contributed by atoms with Gasteiger partial charge in [0.1, 0.15) is 5.84 Å². The molecule has 0 aliphatic heterocycles.